The van der Waals surface area contributed by atoms with Gasteiger partial charge >= 0.3 is 0 Å². The second-order valence-corrected chi connectivity index (χ2v) is 6.16. The van der Waals surface area contributed by atoms with Gasteiger partial charge in [-0.3, -0.25) is 0 Å². The molecule has 0 radical (unpaired) electrons. The van der Waals surface area contributed by atoms with Crippen molar-refractivity contribution in [1.29, 1.82) is 0 Å². The third-order valence-electron chi connectivity index (χ3n) is 2.70. The molecule has 0 saturated heterocycles. The van der Waals surface area contributed by atoms with E-state index in [4.69, 9.17) is 16.3 Å². The summed E-state index contributed by atoms with van der Waals surface area (Å²) >= 11 is 12.8. The summed E-state index contributed by atoms with van der Waals surface area (Å²) in [4.78, 5) is -0.260. The topological polar surface area (TPSA) is 9.23 Å². The minimum Gasteiger partial charge on any atom is -0.495 e. The Labute approximate surface area is 133 Å². The minimum absolute atomic E-state index is 0.260. The molecule has 0 aliphatic carbocycles. The third kappa shape index (κ3) is 3.30. The number of hydrogen-bond acceptors (Lipinski definition) is 1. The summed E-state index contributed by atoms with van der Waals surface area (Å²) in [6.45, 7) is 0. The first-order chi connectivity index (χ1) is 9.02. The minimum atomic E-state index is -0.275. The second kappa shape index (κ2) is 6.25. The zero-order valence-electron chi connectivity index (χ0n) is 9.96. The summed E-state index contributed by atoms with van der Waals surface area (Å²) < 4.78 is 19.7. The van der Waals surface area contributed by atoms with Crippen LogP contribution < -0.4 is 4.74 Å². The van der Waals surface area contributed by atoms with Crippen LogP contribution in [0.5, 0.6) is 5.75 Å². The van der Waals surface area contributed by atoms with Crippen LogP contribution in [0.1, 0.15) is 16.0 Å². The van der Waals surface area contributed by atoms with Gasteiger partial charge in [0.05, 0.1) is 17.0 Å². The molecular formula is C14H10Br2ClFO. The van der Waals surface area contributed by atoms with E-state index in [1.54, 1.807) is 31.4 Å². The van der Waals surface area contributed by atoms with Crippen molar-refractivity contribution >= 4 is 43.5 Å². The lowest BCUT2D eigenvalue weighted by atomic mass is 10.0. The fraction of sp³-hybridized carbons (Fsp3) is 0.143. The van der Waals surface area contributed by atoms with Crippen LogP contribution in [0.25, 0.3) is 0 Å². The highest BCUT2D eigenvalue weighted by Crippen LogP contribution is 2.36. The van der Waals surface area contributed by atoms with Gasteiger partial charge in [0.2, 0.25) is 0 Å². The molecule has 0 fully saturated rings. The first-order valence-corrected chi connectivity index (χ1v) is 7.54. The highest BCUT2D eigenvalue weighted by atomic mass is 79.9. The molecule has 2 rings (SSSR count). The largest absolute Gasteiger partial charge is 0.495 e. The fourth-order valence-corrected chi connectivity index (χ4v) is 2.98. The molecule has 0 bridgehead atoms. The standard InChI is InChI=1S/C14H10Br2ClFO/c1-19-13-5-2-8(6-11(13)17)14(16)10-4-3-9(15)7-12(10)18/h2-7,14H,1H3. The van der Waals surface area contributed by atoms with E-state index in [2.05, 4.69) is 31.9 Å². The summed E-state index contributed by atoms with van der Waals surface area (Å²) in [5, 5.41) is 0.502. The highest BCUT2D eigenvalue weighted by molar-refractivity contribution is 9.10. The van der Waals surface area contributed by atoms with Crippen molar-refractivity contribution in [3.63, 3.8) is 0 Å². The average Bonchev–Trinajstić information content (AvgIpc) is 2.38. The lowest BCUT2D eigenvalue weighted by Crippen LogP contribution is -1.97. The van der Waals surface area contributed by atoms with Crippen LogP contribution in [0.15, 0.2) is 40.9 Å². The van der Waals surface area contributed by atoms with Crippen molar-refractivity contribution in [2.24, 2.45) is 0 Å². The van der Waals surface area contributed by atoms with E-state index in [0.29, 0.717) is 20.8 Å². The molecule has 2 aromatic carbocycles. The Hall–Kier alpha value is -0.580. The zero-order valence-corrected chi connectivity index (χ0v) is 13.9. The Kier molecular flexibility index (Phi) is 4.87. The summed E-state index contributed by atoms with van der Waals surface area (Å²) in [6.07, 6.45) is 0. The van der Waals surface area contributed by atoms with Gasteiger partial charge in [0.1, 0.15) is 11.6 Å². The van der Waals surface area contributed by atoms with E-state index >= 15 is 0 Å². The zero-order chi connectivity index (χ0) is 14.0. The van der Waals surface area contributed by atoms with Crippen LogP contribution in [0.4, 0.5) is 4.39 Å². The number of halogens is 4. The van der Waals surface area contributed by atoms with E-state index in [1.807, 2.05) is 6.07 Å². The van der Waals surface area contributed by atoms with E-state index in [-0.39, 0.29) is 10.6 Å². The molecule has 5 heteroatoms. The smallest absolute Gasteiger partial charge is 0.137 e. The normalized spacial score (nSPS) is 12.3. The predicted octanol–water partition coefficient (Wildman–Crippen LogP) is 5.73. The Morgan fingerprint density at radius 3 is 2.53 bits per heavy atom. The number of hydrogen-bond donors (Lipinski definition) is 0. The summed E-state index contributed by atoms with van der Waals surface area (Å²) in [5.74, 6) is 0.324. The summed E-state index contributed by atoms with van der Waals surface area (Å²) in [7, 11) is 1.56. The Morgan fingerprint density at radius 2 is 1.95 bits per heavy atom. The molecule has 1 nitrogen and oxygen atoms in total. The maximum atomic E-state index is 13.9. The molecule has 0 aliphatic heterocycles. The van der Waals surface area contributed by atoms with Gasteiger partial charge in [0.15, 0.2) is 0 Å². The molecule has 0 spiro atoms. The molecule has 1 atom stereocenters. The van der Waals surface area contributed by atoms with Crippen molar-refractivity contribution < 1.29 is 9.13 Å². The Morgan fingerprint density at radius 1 is 1.21 bits per heavy atom. The van der Waals surface area contributed by atoms with Crippen molar-refractivity contribution in [2.75, 3.05) is 7.11 Å². The van der Waals surface area contributed by atoms with E-state index in [9.17, 15) is 4.39 Å². The molecule has 0 amide bonds. The van der Waals surface area contributed by atoms with Crippen LogP contribution in [-0.2, 0) is 0 Å². The van der Waals surface area contributed by atoms with Gasteiger partial charge in [-0.05, 0) is 29.8 Å². The van der Waals surface area contributed by atoms with Crippen LogP contribution >= 0.6 is 43.5 Å². The Balaban J connectivity index is 2.38. The van der Waals surface area contributed by atoms with Gasteiger partial charge in [-0.1, -0.05) is 55.6 Å². The van der Waals surface area contributed by atoms with E-state index in [1.165, 1.54) is 6.07 Å². The summed E-state index contributed by atoms with van der Waals surface area (Å²) in [6, 6.07) is 10.4. The second-order valence-electron chi connectivity index (χ2n) is 3.92. The number of methoxy groups -OCH3 is 1. The third-order valence-corrected chi connectivity index (χ3v) is 4.51. The van der Waals surface area contributed by atoms with Gasteiger partial charge in [-0.25, -0.2) is 4.39 Å². The maximum Gasteiger partial charge on any atom is 0.137 e. The van der Waals surface area contributed by atoms with Crippen LogP contribution in [0, 0.1) is 5.82 Å². The molecular weight excluding hydrogens is 398 g/mol. The van der Waals surface area contributed by atoms with Gasteiger partial charge in [0.25, 0.3) is 0 Å². The Bertz CT molecular complexity index is 604. The maximum absolute atomic E-state index is 13.9. The molecule has 1 unspecified atom stereocenters. The molecule has 0 N–H and O–H groups in total. The van der Waals surface area contributed by atoms with Crippen LogP contribution in [-0.4, -0.2) is 7.11 Å². The molecule has 0 aliphatic rings. The lowest BCUT2D eigenvalue weighted by molar-refractivity contribution is 0.415. The number of benzene rings is 2. The monoisotopic (exact) mass is 406 g/mol. The lowest BCUT2D eigenvalue weighted by Gasteiger charge is -2.13. The number of ether oxygens (including phenoxy) is 1. The molecule has 100 valence electrons. The number of rotatable bonds is 3. The first-order valence-electron chi connectivity index (χ1n) is 5.45. The van der Waals surface area contributed by atoms with Gasteiger partial charge in [-0.2, -0.15) is 0 Å². The molecule has 2 aromatic rings. The van der Waals surface area contributed by atoms with Crippen molar-refractivity contribution in [3.8, 4) is 5.75 Å². The van der Waals surface area contributed by atoms with Crippen molar-refractivity contribution in [2.45, 2.75) is 4.83 Å². The summed E-state index contributed by atoms with van der Waals surface area (Å²) in [5.41, 5.74) is 1.43. The van der Waals surface area contributed by atoms with Gasteiger partial charge in [-0.15, -0.1) is 0 Å². The van der Waals surface area contributed by atoms with Gasteiger partial charge in [0, 0.05) is 10.0 Å². The van der Waals surface area contributed by atoms with Crippen LogP contribution in [0.3, 0.4) is 0 Å². The van der Waals surface area contributed by atoms with Crippen molar-refractivity contribution in [3.05, 3.63) is 62.8 Å². The molecule has 0 heterocycles. The van der Waals surface area contributed by atoms with Crippen LogP contribution in [0.2, 0.25) is 5.02 Å². The molecule has 0 saturated carbocycles. The average molecular weight is 408 g/mol. The molecule has 19 heavy (non-hydrogen) atoms. The highest BCUT2D eigenvalue weighted by Gasteiger charge is 2.16. The SMILES string of the molecule is COc1ccc(C(Br)c2ccc(Br)cc2F)cc1Cl. The van der Waals surface area contributed by atoms with Crippen molar-refractivity contribution in [1.82, 2.24) is 0 Å². The van der Waals surface area contributed by atoms with E-state index in [0.717, 1.165) is 5.56 Å². The molecule has 0 aromatic heterocycles. The number of alkyl halides is 1. The van der Waals surface area contributed by atoms with E-state index < -0.39 is 0 Å². The first kappa shape index (κ1) is 14.8. The van der Waals surface area contributed by atoms with Gasteiger partial charge < -0.3 is 4.74 Å². The quantitative estimate of drug-likeness (QED) is 0.589. The fourth-order valence-electron chi connectivity index (χ4n) is 1.73. The predicted molar refractivity (Wildman–Crippen MR) is 82.9 cm³/mol.